The number of hydrogen-bond acceptors (Lipinski definition) is 2. The molecule has 3 nitrogen and oxygen atoms in total. The molecule has 0 amide bonds. The first kappa shape index (κ1) is 8.27. The van der Waals surface area contributed by atoms with E-state index in [4.69, 9.17) is 9.84 Å². The van der Waals surface area contributed by atoms with Crippen LogP contribution >= 0.6 is 0 Å². The quantitative estimate of drug-likeness (QED) is 0.489. The zero-order valence-electron chi connectivity index (χ0n) is 6.49. The van der Waals surface area contributed by atoms with E-state index < -0.39 is 5.97 Å². The predicted octanol–water partition coefficient (Wildman–Crippen LogP) is 1.05. The van der Waals surface area contributed by atoms with Crippen LogP contribution in [0.2, 0.25) is 0 Å². The molecule has 1 saturated heterocycles. The highest BCUT2D eigenvalue weighted by atomic mass is 16.6. The fourth-order valence-electron chi connectivity index (χ4n) is 1.03. The highest BCUT2D eigenvalue weighted by Crippen LogP contribution is 2.23. The summed E-state index contributed by atoms with van der Waals surface area (Å²) in [7, 11) is 0. The minimum Gasteiger partial charge on any atom is -0.478 e. The van der Waals surface area contributed by atoms with E-state index in [0.29, 0.717) is 0 Å². The third-order valence-electron chi connectivity index (χ3n) is 1.79. The summed E-state index contributed by atoms with van der Waals surface area (Å²) in [4.78, 5) is 10.1. The van der Waals surface area contributed by atoms with Gasteiger partial charge in [0.05, 0.1) is 12.7 Å². The molecule has 0 aromatic heterocycles. The standard InChI is InChI=1S/C8H12O3/c1-2-6(7-5-11-7)3-4-8(9)10/h3-4,6-7H,2,5H2,1H3,(H,9,10)/b4-3+/t6?,7-/m0/s1. The Morgan fingerprint density at radius 3 is 2.91 bits per heavy atom. The fraction of sp³-hybridized carbons (Fsp3) is 0.625. The van der Waals surface area contributed by atoms with Gasteiger partial charge in [0.15, 0.2) is 0 Å². The van der Waals surface area contributed by atoms with Crippen molar-refractivity contribution < 1.29 is 14.6 Å². The highest BCUT2D eigenvalue weighted by molar-refractivity contribution is 5.79. The van der Waals surface area contributed by atoms with Gasteiger partial charge in [-0.1, -0.05) is 13.0 Å². The van der Waals surface area contributed by atoms with E-state index in [9.17, 15) is 4.79 Å². The van der Waals surface area contributed by atoms with Crippen LogP contribution in [-0.2, 0) is 9.53 Å². The molecule has 0 bridgehead atoms. The topological polar surface area (TPSA) is 49.8 Å². The molecule has 0 radical (unpaired) electrons. The Morgan fingerprint density at radius 1 is 1.91 bits per heavy atom. The number of carboxylic acids is 1. The summed E-state index contributed by atoms with van der Waals surface area (Å²) in [6.45, 7) is 2.81. The normalized spacial score (nSPS) is 25.4. The third-order valence-corrected chi connectivity index (χ3v) is 1.79. The van der Waals surface area contributed by atoms with Crippen molar-refractivity contribution in [2.45, 2.75) is 19.4 Å². The molecule has 0 spiro atoms. The van der Waals surface area contributed by atoms with Crippen LogP contribution in [0.1, 0.15) is 13.3 Å². The van der Waals surface area contributed by atoms with Gasteiger partial charge in [-0.3, -0.25) is 0 Å². The Balaban J connectivity index is 2.36. The van der Waals surface area contributed by atoms with Crippen molar-refractivity contribution in [1.29, 1.82) is 0 Å². The Morgan fingerprint density at radius 2 is 2.55 bits per heavy atom. The summed E-state index contributed by atoms with van der Waals surface area (Å²) in [6.07, 6.45) is 4.11. The van der Waals surface area contributed by atoms with Gasteiger partial charge >= 0.3 is 5.97 Å². The molecule has 0 aromatic carbocycles. The van der Waals surface area contributed by atoms with E-state index in [-0.39, 0.29) is 12.0 Å². The average molecular weight is 156 g/mol. The van der Waals surface area contributed by atoms with Crippen molar-refractivity contribution >= 4 is 5.97 Å². The van der Waals surface area contributed by atoms with E-state index in [1.807, 2.05) is 6.92 Å². The lowest BCUT2D eigenvalue weighted by Gasteiger charge is -2.02. The average Bonchev–Trinajstić information content (AvgIpc) is 2.72. The molecular weight excluding hydrogens is 144 g/mol. The van der Waals surface area contributed by atoms with Crippen molar-refractivity contribution in [1.82, 2.24) is 0 Å². The molecule has 0 saturated carbocycles. The number of hydrogen-bond donors (Lipinski definition) is 1. The van der Waals surface area contributed by atoms with Crippen molar-refractivity contribution in [3.8, 4) is 0 Å². The lowest BCUT2D eigenvalue weighted by atomic mass is 10.0. The number of ether oxygens (including phenoxy) is 1. The van der Waals surface area contributed by atoms with Crippen molar-refractivity contribution in [2.75, 3.05) is 6.61 Å². The van der Waals surface area contributed by atoms with E-state index in [0.717, 1.165) is 13.0 Å². The lowest BCUT2D eigenvalue weighted by molar-refractivity contribution is -0.131. The van der Waals surface area contributed by atoms with Crippen LogP contribution in [0.3, 0.4) is 0 Å². The van der Waals surface area contributed by atoms with Crippen LogP contribution < -0.4 is 0 Å². The summed E-state index contributed by atoms with van der Waals surface area (Å²) in [6, 6.07) is 0. The van der Waals surface area contributed by atoms with Crippen LogP contribution in [-0.4, -0.2) is 23.8 Å². The minimum absolute atomic E-state index is 0.274. The first-order chi connectivity index (χ1) is 5.24. The zero-order valence-corrected chi connectivity index (χ0v) is 6.49. The summed E-state index contributed by atoms with van der Waals surface area (Å²) < 4.78 is 5.05. The maximum absolute atomic E-state index is 10.1. The van der Waals surface area contributed by atoms with Gasteiger partial charge in [0.2, 0.25) is 0 Å². The molecule has 0 aromatic rings. The molecule has 3 heteroatoms. The fourth-order valence-corrected chi connectivity index (χ4v) is 1.03. The monoisotopic (exact) mass is 156 g/mol. The van der Waals surface area contributed by atoms with Gasteiger partial charge in [0.25, 0.3) is 0 Å². The molecule has 1 aliphatic heterocycles. The molecule has 1 heterocycles. The Kier molecular flexibility index (Phi) is 2.65. The number of aliphatic carboxylic acids is 1. The molecule has 1 unspecified atom stereocenters. The summed E-state index contributed by atoms with van der Waals surface area (Å²) in [5.74, 6) is -0.602. The van der Waals surface area contributed by atoms with E-state index in [1.54, 1.807) is 6.08 Å². The smallest absolute Gasteiger partial charge is 0.327 e. The zero-order chi connectivity index (χ0) is 8.27. The van der Waals surface area contributed by atoms with Crippen LogP contribution in [0.25, 0.3) is 0 Å². The molecular formula is C8H12O3. The molecule has 11 heavy (non-hydrogen) atoms. The molecule has 1 fully saturated rings. The van der Waals surface area contributed by atoms with Gasteiger partial charge in [-0.05, 0) is 6.42 Å². The number of epoxide rings is 1. The number of rotatable bonds is 4. The predicted molar refractivity (Wildman–Crippen MR) is 40.3 cm³/mol. The Hall–Kier alpha value is -0.830. The minimum atomic E-state index is -0.885. The van der Waals surface area contributed by atoms with Gasteiger partial charge in [0.1, 0.15) is 0 Å². The molecule has 1 aliphatic rings. The summed E-state index contributed by atoms with van der Waals surface area (Å²) in [5.41, 5.74) is 0. The van der Waals surface area contributed by atoms with Gasteiger partial charge in [-0.15, -0.1) is 0 Å². The van der Waals surface area contributed by atoms with Gasteiger partial charge in [-0.25, -0.2) is 4.79 Å². The summed E-state index contributed by atoms with van der Waals surface area (Å²) in [5, 5.41) is 8.33. The Bertz CT molecular complexity index is 170. The molecule has 0 aliphatic carbocycles. The van der Waals surface area contributed by atoms with Crippen LogP contribution in [0.5, 0.6) is 0 Å². The molecule has 62 valence electrons. The van der Waals surface area contributed by atoms with E-state index in [1.165, 1.54) is 6.08 Å². The molecule has 1 rings (SSSR count). The maximum atomic E-state index is 10.1. The maximum Gasteiger partial charge on any atom is 0.327 e. The van der Waals surface area contributed by atoms with Crippen molar-refractivity contribution in [2.24, 2.45) is 5.92 Å². The second-order valence-corrected chi connectivity index (χ2v) is 2.64. The third kappa shape index (κ3) is 2.72. The number of carbonyl (C=O) groups is 1. The SMILES string of the molecule is CCC(/C=C/C(=O)O)[C@@H]1CO1. The Labute approximate surface area is 65.7 Å². The van der Waals surface area contributed by atoms with E-state index in [2.05, 4.69) is 0 Å². The first-order valence-corrected chi connectivity index (χ1v) is 3.76. The van der Waals surface area contributed by atoms with Gasteiger partial charge < -0.3 is 9.84 Å². The van der Waals surface area contributed by atoms with Crippen LogP contribution in [0, 0.1) is 5.92 Å². The lowest BCUT2D eigenvalue weighted by Crippen LogP contribution is -2.03. The first-order valence-electron chi connectivity index (χ1n) is 3.76. The highest BCUT2D eigenvalue weighted by Gasteiger charge is 2.29. The van der Waals surface area contributed by atoms with Crippen molar-refractivity contribution in [3.63, 3.8) is 0 Å². The molecule has 2 atom stereocenters. The second-order valence-electron chi connectivity index (χ2n) is 2.64. The number of carboxylic acid groups (broad SMARTS) is 1. The van der Waals surface area contributed by atoms with Crippen LogP contribution in [0.15, 0.2) is 12.2 Å². The van der Waals surface area contributed by atoms with Gasteiger partial charge in [-0.2, -0.15) is 0 Å². The molecule has 1 N–H and O–H groups in total. The largest absolute Gasteiger partial charge is 0.478 e. The van der Waals surface area contributed by atoms with Gasteiger partial charge in [0, 0.05) is 12.0 Å². The van der Waals surface area contributed by atoms with Crippen molar-refractivity contribution in [3.05, 3.63) is 12.2 Å². The summed E-state index contributed by atoms with van der Waals surface area (Å²) >= 11 is 0. The van der Waals surface area contributed by atoms with Crippen LogP contribution in [0.4, 0.5) is 0 Å². The second kappa shape index (κ2) is 3.53. The van der Waals surface area contributed by atoms with E-state index >= 15 is 0 Å².